The first kappa shape index (κ1) is 27.5. The maximum absolute atomic E-state index is 5.84. The summed E-state index contributed by atoms with van der Waals surface area (Å²) in [4.78, 5) is 11.7. The molecule has 4 N–H and O–H groups in total. The molecule has 1 aliphatic rings. The van der Waals surface area contributed by atoms with Gasteiger partial charge in [0.15, 0.2) is 0 Å². The molecule has 0 spiro atoms. The summed E-state index contributed by atoms with van der Waals surface area (Å²) in [6, 6.07) is 15.0. The van der Waals surface area contributed by atoms with Gasteiger partial charge in [-0.25, -0.2) is 9.97 Å². The molecule has 4 aromatic rings. The molecule has 0 amide bonds. The first-order valence-electron chi connectivity index (χ1n) is 13.8. The molecule has 0 saturated carbocycles. The average Bonchev–Trinajstić information content (AvgIpc) is 3.30. The van der Waals surface area contributed by atoms with E-state index in [4.69, 9.17) is 20.2 Å². The monoisotopic (exact) mass is 541 g/mol. The van der Waals surface area contributed by atoms with Gasteiger partial charge in [-0.15, -0.1) is 0 Å². The van der Waals surface area contributed by atoms with E-state index in [1.807, 2.05) is 12.1 Å². The Kier molecular flexibility index (Phi) is 8.52. The zero-order valence-electron chi connectivity index (χ0n) is 23.8. The van der Waals surface area contributed by atoms with Gasteiger partial charge in [0, 0.05) is 67.1 Å². The number of allylic oxidation sites excluding steroid dienone is 1. The van der Waals surface area contributed by atoms with Crippen LogP contribution in [0.25, 0.3) is 22.2 Å². The van der Waals surface area contributed by atoms with E-state index >= 15 is 0 Å². The topological polar surface area (TPSA) is 102 Å². The lowest BCUT2D eigenvalue weighted by Gasteiger charge is -2.25. The van der Waals surface area contributed by atoms with Gasteiger partial charge in [0.05, 0.1) is 37.4 Å². The minimum absolute atomic E-state index is 0.438. The molecule has 1 aliphatic heterocycles. The number of fused-ring (bicyclic) bond motifs is 3. The lowest BCUT2D eigenvalue weighted by Crippen LogP contribution is -2.33. The minimum atomic E-state index is 0.438. The molecule has 40 heavy (non-hydrogen) atoms. The zero-order valence-corrected chi connectivity index (χ0v) is 23.8. The fraction of sp³-hybridized carbons (Fsp3) is 0.355. The predicted octanol–water partition coefficient (Wildman–Crippen LogP) is 4.83. The van der Waals surface area contributed by atoms with Crippen molar-refractivity contribution in [2.45, 2.75) is 39.5 Å². The van der Waals surface area contributed by atoms with Crippen LogP contribution in [0.2, 0.25) is 0 Å². The van der Waals surface area contributed by atoms with Crippen LogP contribution in [-0.2, 0) is 24.3 Å². The van der Waals surface area contributed by atoms with Crippen molar-refractivity contribution < 1.29 is 9.47 Å². The lowest BCUT2D eigenvalue weighted by atomic mass is 10.1. The fourth-order valence-electron chi connectivity index (χ4n) is 5.29. The maximum atomic E-state index is 5.84. The van der Waals surface area contributed by atoms with E-state index in [-0.39, 0.29) is 0 Å². The number of nitrogens with two attached hydrogens (primary N) is 1. The van der Waals surface area contributed by atoms with Gasteiger partial charge in [0.2, 0.25) is 5.95 Å². The lowest BCUT2D eigenvalue weighted by molar-refractivity contribution is 0.0869. The van der Waals surface area contributed by atoms with Crippen LogP contribution in [0.4, 0.5) is 17.3 Å². The molecule has 3 heterocycles. The van der Waals surface area contributed by atoms with Crippen molar-refractivity contribution >= 4 is 28.2 Å². The summed E-state index contributed by atoms with van der Waals surface area (Å²) in [6.07, 6.45) is 6.02. The van der Waals surface area contributed by atoms with E-state index in [2.05, 4.69) is 82.4 Å². The smallest absolute Gasteiger partial charge is 0.227 e. The van der Waals surface area contributed by atoms with E-state index in [1.54, 1.807) is 19.5 Å². The Morgan fingerprint density at radius 2 is 2.08 bits per heavy atom. The molecule has 2 aromatic heterocycles. The standard InChI is InChI=1S/C31H39N7O2/c1-21(2)33-14-15-37(3)27-19-29(39-4)25(18-22(27)8-7-12-32)36-31-34-13-11-24(35-31)30-23-9-5-6-10-26(23)38-16-17-40-20-28(30)38/h5-7,9-13,18-19,21,33H,8,14-17,20,32H2,1-4H3,(H,34,35,36). The number of ether oxygens (including phenoxy) is 2. The van der Waals surface area contributed by atoms with Gasteiger partial charge in [-0.05, 0) is 36.4 Å². The molecule has 0 unspecified atom stereocenters. The Morgan fingerprint density at radius 3 is 2.88 bits per heavy atom. The van der Waals surface area contributed by atoms with E-state index in [0.29, 0.717) is 37.4 Å². The summed E-state index contributed by atoms with van der Waals surface area (Å²) in [7, 11) is 3.78. The van der Waals surface area contributed by atoms with E-state index in [0.717, 1.165) is 53.5 Å². The highest BCUT2D eigenvalue weighted by atomic mass is 16.5. The Hall–Kier alpha value is -4.08. The molecule has 0 bridgehead atoms. The number of para-hydroxylation sites is 1. The average molecular weight is 542 g/mol. The number of aromatic nitrogens is 3. The summed E-state index contributed by atoms with van der Waals surface area (Å²) >= 11 is 0. The van der Waals surface area contributed by atoms with Crippen LogP contribution in [0, 0.1) is 0 Å². The number of nitrogens with one attached hydrogen (secondary N) is 2. The Bertz CT molecular complexity index is 1490. The van der Waals surface area contributed by atoms with Crippen LogP contribution in [-0.4, -0.2) is 54.4 Å². The molecule has 210 valence electrons. The molecule has 5 rings (SSSR count). The quantitative estimate of drug-likeness (QED) is 0.248. The molecule has 9 nitrogen and oxygen atoms in total. The van der Waals surface area contributed by atoms with E-state index < -0.39 is 0 Å². The third kappa shape index (κ3) is 5.76. The number of anilines is 3. The summed E-state index contributed by atoms with van der Waals surface area (Å²) in [5.41, 5.74) is 13.0. The number of likely N-dealkylation sites (N-methyl/N-ethyl adjacent to an activating group) is 1. The summed E-state index contributed by atoms with van der Waals surface area (Å²) in [5, 5.41) is 8.07. The van der Waals surface area contributed by atoms with Crippen LogP contribution in [0.3, 0.4) is 0 Å². The van der Waals surface area contributed by atoms with Crippen molar-refractivity contribution in [2.24, 2.45) is 5.73 Å². The Morgan fingerprint density at radius 1 is 1.23 bits per heavy atom. The third-order valence-electron chi connectivity index (χ3n) is 7.22. The van der Waals surface area contributed by atoms with Crippen LogP contribution >= 0.6 is 0 Å². The first-order valence-corrected chi connectivity index (χ1v) is 13.8. The highest BCUT2D eigenvalue weighted by Gasteiger charge is 2.22. The Labute approximate surface area is 236 Å². The molecule has 0 radical (unpaired) electrons. The molecule has 0 fully saturated rings. The van der Waals surface area contributed by atoms with Gasteiger partial charge in [0.1, 0.15) is 5.75 Å². The molecule has 0 saturated heterocycles. The number of rotatable bonds is 11. The van der Waals surface area contributed by atoms with Gasteiger partial charge in [0.25, 0.3) is 0 Å². The van der Waals surface area contributed by atoms with Crippen molar-refractivity contribution in [1.29, 1.82) is 0 Å². The van der Waals surface area contributed by atoms with Gasteiger partial charge >= 0.3 is 0 Å². The predicted molar refractivity (Wildman–Crippen MR) is 162 cm³/mol. The second-order valence-electron chi connectivity index (χ2n) is 10.3. The van der Waals surface area contributed by atoms with Gasteiger partial charge in [-0.1, -0.05) is 38.1 Å². The SMILES string of the molecule is COc1cc(N(C)CCNC(C)C)c(CC=CN)cc1Nc1nccc(-c2c3n(c4ccccc24)CCOC3)n1. The highest BCUT2D eigenvalue weighted by molar-refractivity contribution is 5.97. The molecular formula is C31H39N7O2. The molecular weight excluding hydrogens is 502 g/mol. The van der Waals surface area contributed by atoms with Gasteiger partial charge in [-0.2, -0.15) is 0 Å². The van der Waals surface area contributed by atoms with Crippen LogP contribution in [0.15, 0.2) is 60.9 Å². The van der Waals surface area contributed by atoms with E-state index in [1.165, 1.54) is 10.9 Å². The number of benzene rings is 2. The van der Waals surface area contributed by atoms with Crippen molar-refractivity contribution in [2.75, 3.05) is 44.1 Å². The summed E-state index contributed by atoms with van der Waals surface area (Å²) < 4.78 is 14.0. The third-order valence-corrected chi connectivity index (χ3v) is 7.22. The number of nitrogens with zero attached hydrogens (tertiary/aromatic N) is 4. The highest BCUT2D eigenvalue weighted by Crippen LogP contribution is 2.38. The molecule has 0 aliphatic carbocycles. The minimum Gasteiger partial charge on any atom is -0.494 e. The van der Waals surface area contributed by atoms with Crippen LogP contribution < -0.4 is 26.0 Å². The normalized spacial score (nSPS) is 13.2. The molecule has 2 aromatic carbocycles. The van der Waals surface area contributed by atoms with Crippen LogP contribution in [0.5, 0.6) is 5.75 Å². The fourth-order valence-corrected chi connectivity index (χ4v) is 5.29. The largest absolute Gasteiger partial charge is 0.494 e. The Balaban J connectivity index is 1.49. The zero-order chi connectivity index (χ0) is 28.1. The number of hydrogen-bond donors (Lipinski definition) is 3. The van der Waals surface area contributed by atoms with Gasteiger partial charge < -0.3 is 35.3 Å². The van der Waals surface area contributed by atoms with Crippen molar-refractivity contribution in [3.8, 4) is 17.0 Å². The second-order valence-corrected chi connectivity index (χ2v) is 10.3. The number of methoxy groups -OCH3 is 1. The van der Waals surface area contributed by atoms with Crippen molar-refractivity contribution in [3.63, 3.8) is 0 Å². The first-order chi connectivity index (χ1) is 19.5. The molecule has 9 heteroatoms. The maximum Gasteiger partial charge on any atom is 0.227 e. The summed E-state index contributed by atoms with van der Waals surface area (Å²) in [5.74, 6) is 1.22. The van der Waals surface area contributed by atoms with Crippen LogP contribution in [0.1, 0.15) is 25.1 Å². The van der Waals surface area contributed by atoms with Crippen molar-refractivity contribution in [3.05, 3.63) is 72.2 Å². The molecule has 0 atom stereocenters. The van der Waals surface area contributed by atoms with Crippen molar-refractivity contribution in [1.82, 2.24) is 19.9 Å². The number of hydrogen-bond acceptors (Lipinski definition) is 8. The van der Waals surface area contributed by atoms with E-state index in [9.17, 15) is 0 Å². The summed E-state index contributed by atoms with van der Waals surface area (Å²) in [6.45, 7) is 8.15. The second kappa shape index (κ2) is 12.4. The van der Waals surface area contributed by atoms with Gasteiger partial charge in [-0.3, -0.25) is 0 Å².